The summed E-state index contributed by atoms with van der Waals surface area (Å²) in [5, 5.41) is 18.8. The Labute approximate surface area is 171 Å². The molecule has 0 radical (unpaired) electrons. The van der Waals surface area contributed by atoms with Gasteiger partial charge in [-0.2, -0.15) is 9.20 Å². The molecule has 0 unspecified atom stereocenters. The molecule has 0 spiro atoms. The van der Waals surface area contributed by atoms with E-state index in [4.69, 9.17) is 9.47 Å². The van der Waals surface area contributed by atoms with Crippen LogP contribution in [0.2, 0.25) is 0 Å². The van der Waals surface area contributed by atoms with Crippen molar-refractivity contribution in [2.75, 3.05) is 13.2 Å². The molecule has 3 rings (SSSR count). The molecule has 0 bridgehead atoms. The molecule has 3 aromatic rings. The van der Waals surface area contributed by atoms with Gasteiger partial charge >= 0.3 is 11.9 Å². The van der Waals surface area contributed by atoms with Crippen molar-refractivity contribution in [1.82, 2.24) is 34.8 Å². The summed E-state index contributed by atoms with van der Waals surface area (Å²) in [4.78, 5) is 37.8. The average Bonchev–Trinajstić information content (AvgIpc) is 3.22. The van der Waals surface area contributed by atoms with Crippen LogP contribution in [0.25, 0.3) is 11.5 Å². The third-order valence-electron chi connectivity index (χ3n) is 4.31. The second kappa shape index (κ2) is 7.69. The second-order valence-corrected chi connectivity index (χ2v) is 7.47. The van der Waals surface area contributed by atoms with E-state index in [1.165, 1.54) is 4.68 Å². The fourth-order valence-electron chi connectivity index (χ4n) is 2.87. The normalized spacial score (nSPS) is 11.7. The van der Waals surface area contributed by atoms with E-state index in [0.29, 0.717) is 5.69 Å². The Balaban J connectivity index is 2.30. The van der Waals surface area contributed by atoms with Crippen LogP contribution < -0.4 is 5.56 Å². The van der Waals surface area contributed by atoms with Crippen LogP contribution in [0.4, 0.5) is 0 Å². The number of aromatic nitrogens is 7. The standard InChI is InChI=1S/C18H23N7O5/c1-7-29-16(27)10-13-21-20-12(18(4,5)6)15(26)25(13)22-14(10)24-9(3)11(19-23-24)17(28)30-8-2/h22H,7-8H2,1-6H3. The number of hydrogen-bond donors (Lipinski definition) is 1. The summed E-state index contributed by atoms with van der Waals surface area (Å²) in [5.74, 6) is -1.30. The van der Waals surface area contributed by atoms with E-state index in [9.17, 15) is 14.4 Å². The minimum absolute atomic E-state index is 0.0147. The van der Waals surface area contributed by atoms with Gasteiger partial charge in [0.05, 0.1) is 18.9 Å². The zero-order chi connectivity index (χ0) is 22.2. The molecule has 12 heteroatoms. The lowest BCUT2D eigenvalue weighted by Gasteiger charge is -2.15. The van der Waals surface area contributed by atoms with E-state index < -0.39 is 22.9 Å². The van der Waals surface area contributed by atoms with Crippen molar-refractivity contribution >= 4 is 17.6 Å². The molecule has 12 nitrogen and oxygen atoms in total. The molecule has 0 fully saturated rings. The van der Waals surface area contributed by atoms with Crippen molar-refractivity contribution in [3.63, 3.8) is 0 Å². The summed E-state index contributed by atoms with van der Waals surface area (Å²) in [6.45, 7) is 10.7. The molecule has 160 valence electrons. The predicted octanol–water partition coefficient (Wildman–Crippen LogP) is 0.958. The Morgan fingerprint density at radius 2 is 1.67 bits per heavy atom. The molecule has 0 saturated heterocycles. The van der Waals surface area contributed by atoms with Crippen molar-refractivity contribution in [3.8, 4) is 5.82 Å². The Kier molecular flexibility index (Phi) is 5.42. The topological polar surface area (TPSA) is 146 Å². The number of aromatic amines is 1. The van der Waals surface area contributed by atoms with Crippen molar-refractivity contribution in [1.29, 1.82) is 0 Å². The highest BCUT2D eigenvalue weighted by atomic mass is 16.5. The Morgan fingerprint density at radius 3 is 2.27 bits per heavy atom. The fourth-order valence-corrected chi connectivity index (χ4v) is 2.87. The number of carbonyl (C=O) groups is 2. The van der Waals surface area contributed by atoms with Crippen LogP contribution in [0.15, 0.2) is 4.79 Å². The molecule has 0 aliphatic heterocycles. The van der Waals surface area contributed by atoms with Gasteiger partial charge in [0, 0.05) is 5.41 Å². The van der Waals surface area contributed by atoms with Gasteiger partial charge in [-0.3, -0.25) is 9.89 Å². The maximum Gasteiger partial charge on any atom is 0.360 e. The van der Waals surface area contributed by atoms with Crippen molar-refractivity contribution < 1.29 is 19.1 Å². The number of nitrogens with one attached hydrogen (secondary N) is 1. The van der Waals surface area contributed by atoms with Crippen LogP contribution >= 0.6 is 0 Å². The highest BCUT2D eigenvalue weighted by Crippen LogP contribution is 2.22. The van der Waals surface area contributed by atoms with Crippen LogP contribution in [0.1, 0.15) is 66.9 Å². The highest BCUT2D eigenvalue weighted by molar-refractivity contribution is 5.99. The number of rotatable bonds is 5. The van der Waals surface area contributed by atoms with Crippen molar-refractivity contribution in [2.24, 2.45) is 0 Å². The van der Waals surface area contributed by atoms with E-state index >= 15 is 0 Å². The van der Waals surface area contributed by atoms with Gasteiger partial charge in [0.25, 0.3) is 5.56 Å². The number of fused-ring (bicyclic) bond motifs is 1. The SMILES string of the molecule is CCOC(=O)c1nnn(-c2[nH]n3c(=O)c(C(C)(C)C)nnc3c2C(=O)OCC)c1C. The number of carbonyl (C=O) groups excluding carboxylic acids is 2. The summed E-state index contributed by atoms with van der Waals surface area (Å²) < 4.78 is 12.4. The first-order valence-corrected chi connectivity index (χ1v) is 9.40. The molecule has 30 heavy (non-hydrogen) atoms. The summed E-state index contributed by atoms with van der Waals surface area (Å²) in [7, 11) is 0. The number of ether oxygens (including phenoxy) is 2. The van der Waals surface area contributed by atoms with E-state index in [0.717, 1.165) is 4.52 Å². The first-order chi connectivity index (χ1) is 14.1. The summed E-state index contributed by atoms with van der Waals surface area (Å²) in [6.07, 6.45) is 0. The van der Waals surface area contributed by atoms with Crippen LogP contribution in [0.5, 0.6) is 0 Å². The van der Waals surface area contributed by atoms with Crippen LogP contribution in [-0.2, 0) is 14.9 Å². The van der Waals surface area contributed by atoms with Gasteiger partial charge in [-0.05, 0) is 20.8 Å². The fraction of sp³-hybridized carbons (Fsp3) is 0.500. The van der Waals surface area contributed by atoms with E-state index in [-0.39, 0.29) is 41.6 Å². The monoisotopic (exact) mass is 417 g/mol. The van der Waals surface area contributed by atoms with Gasteiger partial charge in [0.2, 0.25) is 0 Å². The van der Waals surface area contributed by atoms with Crippen LogP contribution in [0.3, 0.4) is 0 Å². The third kappa shape index (κ3) is 3.44. The van der Waals surface area contributed by atoms with Gasteiger partial charge in [-0.25, -0.2) is 9.59 Å². The van der Waals surface area contributed by atoms with Gasteiger partial charge in [-0.15, -0.1) is 15.3 Å². The molecule has 0 aliphatic rings. The molecule has 0 amide bonds. The lowest BCUT2D eigenvalue weighted by Crippen LogP contribution is -2.30. The molecule has 0 aliphatic carbocycles. The number of H-pyrrole nitrogens is 1. The smallest absolute Gasteiger partial charge is 0.360 e. The third-order valence-corrected chi connectivity index (χ3v) is 4.31. The van der Waals surface area contributed by atoms with Gasteiger partial charge < -0.3 is 9.47 Å². The van der Waals surface area contributed by atoms with Gasteiger partial charge in [0.1, 0.15) is 5.69 Å². The average molecular weight is 417 g/mol. The van der Waals surface area contributed by atoms with Crippen molar-refractivity contribution in [2.45, 2.75) is 47.0 Å². The number of esters is 2. The summed E-state index contributed by atoms with van der Waals surface area (Å²) in [6, 6.07) is 0. The van der Waals surface area contributed by atoms with Gasteiger partial charge in [0.15, 0.2) is 22.7 Å². The lowest BCUT2D eigenvalue weighted by atomic mass is 9.93. The maximum atomic E-state index is 13.0. The minimum atomic E-state index is -0.726. The maximum absolute atomic E-state index is 13.0. The number of nitrogens with zero attached hydrogens (tertiary/aromatic N) is 6. The summed E-state index contributed by atoms with van der Waals surface area (Å²) >= 11 is 0. The molecule has 0 atom stereocenters. The Morgan fingerprint density at radius 1 is 1.03 bits per heavy atom. The molecule has 1 N–H and O–H groups in total. The Hall–Kier alpha value is -3.57. The van der Waals surface area contributed by atoms with E-state index in [1.54, 1.807) is 20.8 Å². The molecule has 3 aromatic heterocycles. The number of hydrogen-bond acceptors (Lipinski definition) is 9. The van der Waals surface area contributed by atoms with Crippen LogP contribution in [-0.4, -0.2) is 60.0 Å². The molecular formula is C18H23N7O5. The quantitative estimate of drug-likeness (QED) is 0.599. The van der Waals surface area contributed by atoms with Gasteiger partial charge in [-0.1, -0.05) is 26.0 Å². The largest absolute Gasteiger partial charge is 0.462 e. The molecule has 3 heterocycles. The van der Waals surface area contributed by atoms with Crippen molar-refractivity contribution in [3.05, 3.63) is 33.0 Å². The first kappa shape index (κ1) is 21.1. The van der Waals surface area contributed by atoms with Crippen LogP contribution in [0, 0.1) is 6.92 Å². The zero-order valence-electron chi connectivity index (χ0n) is 17.6. The molecular weight excluding hydrogens is 394 g/mol. The highest BCUT2D eigenvalue weighted by Gasteiger charge is 2.30. The summed E-state index contributed by atoms with van der Waals surface area (Å²) in [5.41, 5.74) is -0.597. The zero-order valence-corrected chi connectivity index (χ0v) is 17.6. The van der Waals surface area contributed by atoms with E-state index in [1.807, 2.05) is 20.8 Å². The lowest BCUT2D eigenvalue weighted by molar-refractivity contribution is 0.0513. The predicted molar refractivity (Wildman–Crippen MR) is 104 cm³/mol. The Bertz CT molecular complexity index is 1180. The molecule has 0 aromatic carbocycles. The van der Waals surface area contributed by atoms with E-state index in [2.05, 4.69) is 25.6 Å². The molecule has 0 saturated carbocycles. The first-order valence-electron chi connectivity index (χ1n) is 9.40. The second-order valence-electron chi connectivity index (χ2n) is 7.47. The minimum Gasteiger partial charge on any atom is -0.462 e.